The maximum absolute atomic E-state index is 13.4. The molecule has 0 unspecified atom stereocenters. The van der Waals surface area contributed by atoms with Gasteiger partial charge in [0, 0.05) is 22.3 Å². The highest BCUT2D eigenvalue weighted by atomic mass is 16.6. The number of esters is 1. The molecular formula is C31H45NO3. The molecule has 2 bridgehead atoms. The quantitative estimate of drug-likeness (QED) is 0.372. The third kappa shape index (κ3) is 2.38. The van der Waals surface area contributed by atoms with E-state index in [0.29, 0.717) is 23.7 Å². The molecule has 1 aliphatic heterocycles. The van der Waals surface area contributed by atoms with E-state index < -0.39 is 0 Å². The molecular weight excluding hydrogens is 434 g/mol. The molecule has 6 aliphatic rings. The van der Waals surface area contributed by atoms with Gasteiger partial charge in [0.25, 0.3) is 0 Å². The van der Waals surface area contributed by atoms with Gasteiger partial charge in [-0.05, 0) is 91.8 Å². The number of hydrogen-bond donors (Lipinski definition) is 0. The van der Waals surface area contributed by atoms with Crippen LogP contribution >= 0.6 is 0 Å². The zero-order chi connectivity index (χ0) is 24.8. The summed E-state index contributed by atoms with van der Waals surface area (Å²) in [7, 11) is 0. The van der Waals surface area contributed by atoms with Gasteiger partial charge in [-0.3, -0.25) is 4.79 Å². The molecule has 4 nitrogen and oxygen atoms in total. The van der Waals surface area contributed by atoms with Crippen LogP contribution in [0.5, 0.6) is 0 Å². The molecule has 4 heteroatoms. The minimum atomic E-state index is -0.196. The molecule has 7 rings (SSSR count). The molecule has 9 atom stereocenters. The Morgan fingerprint density at radius 1 is 0.857 bits per heavy atom. The Bertz CT molecular complexity index is 1100. The average Bonchev–Trinajstić information content (AvgIpc) is 3.34. The smallest absolute Gasteiger partial charge is 0.312 e. The van der Waals surface area contributed by atoms with E-state index in [4.69, 9.17) is 9.26 Å². The van der Waals surface area contributed by atoms with E-state index in [1.807, 2.05) is 6.20 Å². The number of carbonyl (C=O) groups excluding carboxylic acids is 1. The minimum absolute atomic E-state index is 0.0291. The minimum Gasteiger partial charge on any atom is -0.461 e. The van der Waals surface area contributed by atoms with Crippen molar-refractivity contribution in [1.82, 2.24) is 5.16 Å². The average molecular weight is 480 g/mol. The molecule has 1 saturated heterocycles. The van der Waals surface area contributed by atoms with Crippen LogP contribution in [0, 0.1) is 50.7 Å². The maximum atomic E-state index is 13.4. The summed E-state index contributed by atoms with van der Waals surface area (Å²) in [6, 6.07) is 0. The van der Waals surface area contributed by atoms with Gasteiger partial charge in [-0.2, -0.15) is 0 Å². The lowest BCUT2D eigenvalue weighted by Gasteiger charge is -2.72. The molecule has 192 valence electrons. The molecule has 4 saturated carbocycles. The van der Waals surface area contributed by atoms with Crippen molar-refractivity contribution in [2.45, 2.75) is 118 Å². The zero-order valence-electron chi connectivity index (χ0n) is 23.0. The molecule has 35 heavy (non-hydrogen) atoms. The van der Waals surface area contributed by atoms with Gasteiger partial charge in [0.1, 0.15) is 11.9 Å². The third-order valence-electron chi connectivity index (χ3n) is 14.0. The van der Waals surface area contributed by atoms with Crippen LogP contribution in [0.4, 0.5) is 0 Å². The van der Waals surface area contributed by atoms with Crippen LogP contribution in [-0.4, -0.2) is 17.2 Å². The van der Waals surface area contributed by atoms with Crippen LogP contribution in [0.1, 0.15) is 111 Å². The molecule has 0 spiro atoms. The molecule has 5 aliphatic carbocycles. The SMILES string of the molecule is CC1(C)CC[C@]23CC[C@]4(C)[C@H](CC[C@@H]5[C@@]6(C)Cc7cnoc7C(C)(C)[C@@H]6CC[C@]54C)[C@H]2[C@H]1OC3=O. The van der Waals surface area contributed by atoms with E-state index in [0.717, 1.165) is 31.4 Å². The summed E-state index contributed by atoms with van der Waals surface area (Å²) < 4.78 is 12.2. The Kier molecular flexibility index (Phi) is 4.17. The van der Waals surface area contributed by atoms with Crippen LogP contribution < -0.4 is 0 Å². The monoisotopic (exact) mass is 479 g/mol. The first-order chi connectivity index (χ1) is 16.3. The Morgan fingerprint density at radius 3 is 2.37 bits per heavy atom. The van der Waals surface area contributed by atoms with Crippen LogP contribution in [0.2, 0.25) is 0 Å². The molecule has 0 aromatic carbocycles. The van der Waals surface area contributed by atoms with Crippen molar-refractivity contribution < 1.29 is 14.1 Å². The molecule has 5 fully saturated rings. The second-order valence-corrected chi connectivity index (χ2v) is 15.7. The first-order valence-electron chi connectivity index (χ1n) is 14.5. The number of nitrogens with zero attached hydrogens (tertiary/aromatic N) is 1. The number of rotatable bonds is 0. The molecule has 0 radical (unpaired) electrons. The molecule has 2 heterocycles. The maximum Gasteiger partial charge on any atom is 0.312 e. The fourth-order valence-corrected chi connectivity index (χ4v) is 12.1. The Labute approximate surface area is 211 Å². The number of ether oxygens (including phenoxy) is 1. The second kappa shape index (κ2) is 6.38. The molecule has 1 aromatic rings. The normalized spacial score (nSPS) is 52.9. The summed E-state index contributed by atoms with van der Waals surface area (Å²) in [4.78, 5) is 13.4. The fourth-order valence-electron chi connectivity index (χ4n) is 12.1. The van der Waals surface area contributed by atoms with Crippen molar-refractivity contribution in [1.29, 1.82) is 0 Å². The fraction of sp³-hybridized carbons (Fsp3) is 0.871. The van der Waals surface area contributed by atoms with E-state index in [1.165, 1.54) is 37.7 Å². The van der Waals surface area contributed by atoms with E-state index in [2.05, 4.69) is 53.6 Å². The van der Waals surface area contributed by atoms with Gasteiger partial charge >= 0.3 is 5.97 Å². The van der Waals surface area contributed by atoms with Gasteiger partial charge < -0.3 is 9.26 Å². The third-order valence-corrected chi connectivity index (χ3v) is 14.0. The predicted octanol–water partition coefficient (Wildman–Crippen LogP) is 7.11. The number of carbonyl (C=O) groups is 1. The van der Waals surface area contributed by atoms with Crippen molar-refractivity contribution in [2.24, 2.45) is 50.7 Å². The summed E-state index contributed by atoms with van der Waals surface area (Å²) in [6.45, 7) is 17.4. The first-order valence-corrected chi connectivity index (χ1v) is 14.5. The van der Waals surface area contributed by atoms with E-state index in [9.17, 15) is 4.79 Å². The van der Waals surface area contributed by atoms with Crippen LogP contribution in [0.15, 0.2) is 10.7 Å². The van der Waals surface area contributed by atoms with Crippen LogP contribution in [0.3, 0.4) is 0 Å². The summed E-state index contributed by atoms with van der Waals surface area (Å²) in [5.41, 5.74) is 2.08. The molecule has 1 aromatic heterocycles. The highest BCUT2D eigenvalue weighted by molar-refractivity contribution is 5.81. The Hall–Kier alpha value is -1.32. The van der Waals surface area contributed by atoms with E-state index in [1.54, 1.807) is 0 Å². The number of fused-ring (bicyclic) bond motifs is 6. The summed E-state index contributed by atoms with van der Waals surface area (Å²) in [6.07, 6.45) is 12.7. The number of aromatic nitrogens is 1. The van der Waals surface area contributed by atoms with Crippen LogP contribution in [-0.2, 0) is 21.4 Å². The lowest BCUT2D eigenvalue weighted by molar-refractivity contribution is -0.233. The lowest BCUT2D eigenvalue weighted by Crippen LogP contribution is -2.67. The predicted molar refractivity (Wildman–Crippen MR) is 135 cm³/mol. The van der Waals surface area contributed by atoms with E-state index in [-0.39, 0.29) is 44.6 Å². The van der Waals surface area contributed by atoms with Gasteiger partial charge in [0.05, 0.1) is 11.6 Å². The second-order valence-electron chi connectivity index (χ2n) is 15.7. The molecule has 0 N–H and O–H groups in total. The summed E-state index contributed by atoms with van der Waals surface area (Å²) in [5, 5.41) is 4.26. The number of hydrogen-bond acceptors (Lipinski definition) is 4. The highest BCUT2D eigenvalue weighted by Gasteiger charge is 2.75. The standard InChI is InChI=1S/C31H45NO3/c1-26(2)12-14-31-15-13-29(6)19(22(31)24(26)34-25(31)33)8-9-21-28(5)16-18-17-32-35-23(18)27(3,4)20(28)10-11-30(21,29)7/h17,19-22,24H,8-16H2,1-7H3/t19-,20+,21-,22+,24-,28+,29-,30-,31+/m1/s1. The lowest BCUT2D eigenvalue weighted by atomic mass is 9.31. The summed E-state index contributed by atoms with van der Waals surface area (Å²) in [5.74, 6) is 3.61. The summed E-state index contributed by atoms with van der Waals surface area (Å²) >= 11 is 0. The van der Waals surface area contributed by atoms with Gasteiger partial charge in [-0.25, -0.2) is 0 Å². The largest absolute Gasteiger partial charge is 0.461 e. The van der Waals surface area contributed by atoms with Gasteiger partial charge in [-0.1, -0.05) is 53.6 Å². The van der Waals surface area contributed by atoms with Gasteiger partial charge in [0.2, 0.25) is 0 Å². The Balaban J connectivity index is 1.31. The Morgan fingerprint density at radius 2 is 1.60 bits per heavy atom. The van der Waals surface area contributed by atoms with Gasteiger partial charge in [0.15, 0.2) is 0 Å². The van der Waals surface area contributed by atoms with E-state index >= 15 is 0 Å². The van der Waals surface area contributed by atoms with Gasteiger partial charge in [-0.15, -0.1) is 0 Å². The van der Waals surface area contributed by atoms with Crippen molar-refractivity contribution in [3.63, 3.8) is 0 Å². The topological polar surface area (TPSA) is 52.3 Å². The zero-order valence-corrected chi connectivity index (χ0v) is 23.0. The van der Waals surface area contributed by atoms with Crippen molar-refractivity contribution >= 4 is 5.97 Å². The van der Waals surface area contributed by atoms with Crippen LogP contribution in [0.25, 0.3) is 0 Å². The first kappa shape index (κ1) is 22.8. The van der Waals surface area contributed by atoms with Crippen molar-refractivity contribution in [3.05, 3.63) is 17.5 Å². The molecule has 0 amide bonds. The highest BCUT2D eigenvalue weighted by Crippen LogP contribution is 2.77. The van der Waals surface area contributed by atoms with Crippen molar-refractivity contribution in [3.8, 4) is 0 Å². The van der Waals surface area contributed by atoms with Crippen molar-refractivity contribution in [2.75, 3.05) is 0 Å².